The van der Waals surface area contributed by atoms with Crippen molar-refractivity contribution in [3.8, 4) is 0 Å². The van der Waals surface area contributed by atoms with Gasteiger partial charge in [-0.1, -0.05) is 0 Å². The fraction of sp³-hybridized carbons (Fsp3) is 0.400. The first-order chi connectivity index (χ1) is 10.5. The summed E-state index contributed by atoms with van der Waals surface area (Å²) in [6.07, 6.45) is 2.37. The summed E-state index contributed by atoms with van der Waals surface area (Å²) in [7, 11) is 1.58. The van der Waals surface area contributed by atoms with Crippen LogP contribution in [0.5, 0.6) is 0 Å². The number of aromatic nitrogens is 1. The van der Waals surface area contributed by atoms with E-state index in [0.717, 1.165) is 10.2 Å². The predicted octanol–water partition coefficient (Wildman–Crippen LogP) is 3.11. The lowest BCUT2D eigenvalue weighted by Crippen LogP contribution is -2.33. The second kappa shape index (κ2) is 5.92. The second-order valence-electron chi connectivity index (χ2n) is 5.50. The van der Waals surface area contributed by atoms with Gasteiger partial charge in [0.15, 0.2) is 0 Å². The van der Waals surface area contributed by atoms with Crippen molar-refractivity contribution in [3.63, 3.8) is 0 Å². The first kappa shape index (κ1) is 14.8. The predicted molar refractivity (Wildman–Crippen MR) is 85.5 cm³/mol. The van der Waals surface area contributed by atoms with Crippen LogP contribution in [0.3, 0.4) is 0 Å². The van der Waals surface area contributed by atoms with Crippen LogP contribution in [0.4, 0.5) is 10.5 Å². The number of hydrogen-bond donors (Lipinski definition) is 2. The molecule has 6 nitrogen and oxygen atoms in total. The van der Waals surface area contributed by atoms with Gasteiger partial charge < -0.3 is 15.3 Å². The Kier molecular flexibility index (Phi) is 3.98. The average molecular weight is 319 g/mol. The number of carboxylic acids is 1. The first-order valence-corrected chi connectivity index (χ1v) is 7.99. The number of hydrogen-bond acceptors (Lipinski definition) is 4. The maximum atomic E-state index is 12.0. The average Bonchev–Trinajstić information content (AvgIpc) is 3.24. The summed E-state index contributed by atoms with van der Waals surface area (Å²) in [6.45, 7) is 0.176. The number of amides is 2. The molecule has 1 aromatic carbocycles. The fourth-order valence-electron chi connectivity index (χ4n) is 2.11. The molecule has 0 unspecified atom stereocenters. The zero-order valence-corrected chi connectivity index (χ0v) is 13.0. The Morgan fingerprint density at radius 1 is 1.45 bits per heavy atom. The molecule has 3 rings (SSSR count). The molecule has 0 atom stereocenters. The zero-order valence-electron chi connectivity index (χ0n) is 12.2. The van der Waals surface area contributed by atoms with Crippen molar-refractivity contribution < 1.29 is 14.7 Å². The highest BCUT2D eigenvalue weighted by Crippen LogP contribution is 2.43. The minimum Gasteiger partial charge on any atom is -0.481 e. The van der Waals surface area contributed by atoms with Crippen LogP contribution in [0, 0.1) is 0 Å². The van der Waals surface area contributed by atoms with Gasteiger partial charge in [0.25, 0.3) is 0 Å². The summed E-state index contributed by atoms with van der Waals surface area (Å²) in [5.41, 5.74) is 1.66. The molecule has 0 spiro atoms. The maximum absolute atomic E-state index is 12.0. The molecule has 0 saturated heterocycles. The summed E-state index contributed by atoms with van der Waals surface area (Å²) in [5, 5.41) is 12.6. The molecule has 2 aromatic rings. The highest BCUT2D eigenvalue weighted by molar-refractivity contribution is 7.18. The van der Waals surface area contributed by atoms with Crippen molar-refractivity contribution in [1.82, 2.24) is 9.88 Å². The molecular formula is C15H17N3O3S. The van der Waals surface area contributed by atoms with Gasteiger partial charge >= 0.3 is 12.0 Å². The van der Waals surface area contributed by atoms with E-state index in [1.54, 1.807) is 18.4 Å². The Labute approximate surface area is 131 Å². The molecule has 0 bridgehead atoms. The van der Waals surface area contributed by atoms with Gasteiger partial charge in [0.2, 0.25) is 0 Å². The number of rotatable bonds is 5. The number of carbonyl (C=O) groups excluding carboxylic acids is 1. The number of carbonyl (C=O) groups is 2. The van der Waals surface area contributed by atoms with Gasteiger partial charge in [-0.2, -0.15) is 0 Å². The van der Waals surface area contributed by atoms with E-state index in [1.165, 1.54) is 22.7 Å². The highest BCUT2D eigenvalue weighted by Gasteiger charge is 2.27. The number of nitrogens with zero attached hydrogens (tertiary/aromatic N) is 2. The molecule has 7 heteroatoms. The van der Waals surface area contributed by atoms with Gasteiger partial charge in [-0.3, -0.25) is 4.79 Å². The van der Waals surface area contributed by atoms with E-state index in [-0.39, 0.29) is 19.0 Å². The molecule has 1 saturated carbocycles. The molecule has 1 aromatic heterocycles. The largest absolute Gasteiger partial charge is 0.481 e. The smallest absolute Gasteiger partial charge is 0.321 e. The Morgan fingerprint density at radius 3 is 2.91 bits per heavy atom. The summed E-state index contributed by atoms with van der Waals surface area (Å²) < 4.78 is 1.06. The molecule has 2 amide bonds. The van der Waals surface area contributed by atoms with E-state index in [0.29, 0.717) is 11.6 Å². The van der Waals surface area contributed by atoms with Crippen LogP contribution in [-0.2, 0) is 4.79 Å². The van der Waals surface area contributed by atoms with Crippen LogP contribution in [-0.4, -0.2) is 40.6 Å². The molecule has 0 radical (unpaired) electrons. The fourth-order valence-corrected chi connectivity index (χ4v) is 3.28. The number of carboxylic acid groups (broad SMARTS) is 1. The van der Waals surface area contributed by atoms with E-state index in [2.05, 4.69) is 10.3 Å². The number of nitrogens with one attached hydrogen (secondary N) is 1. The number of aliphatic carboxylic acids is 1. The molecule has 1 fully saturated rings. The summed E-state index contributed by atoms with van der Waals surface area (Å²) in [6, 6.07) is 5.33. The number of fused-ring (bicyclic) bond motifs is 1. The normalized spacial score (nSPS) is 14.0. The second-order valence-corrected chi connectivity index (χ2v) is 6.57. The Balaban J connectivity index is 1.67. The van der Waals surface area contributed by atoms with Crippen LogP contribution < -0.4 is 5.32 Å². The number of anilines is 1. The minimum atomic E-state index is -0.918. The van der Waals surface area contributed by atoms with Crippen molar-refractivity contribution in [3.05, 3.63) is 23.2 Å². The van der Waals surface area contributed by atoms with Gasteiger partial charge in [-0.15, -0.1) is 11.3 Å². The van der Waals surface area contributed by atoms with E-state index in [9.17, 15) is 9.59 Å². The Bertz CT molecular complexity index is 724. The van der Waals surface area contributed by atoms with Gasteiger partial charge in [-0.25, -0.2) is 9.78 Å². The van der Waals surface area contributed by atoms with Crippen LogP contribution >= 0.6 is 11.3 Å². The van der Waals surface area contributed by atoms with Crippen LogP contribution in [0.2, 0.25) is 0 Å². The van der Waals surface area contributed by atoms with Gasteiger partial charge in [0.1, 0.15) is 0 Å². The lowest BCUT2D eigenvalue weighted by atomic mass is 10.3. The Morgan fingerprint density at radius 2 is 2.23 bits per heavy atom. The third-order valence-electron chi connectivity index (χ3n) is 3.59. The van der Waals surface area contributed by atoms with E-state index in [1.807, 2.05) is 18.2 Å². The van der Waals surface area contributed by atoms with E-state index < -0.39 is 5.97 Å². The molecule has 0 aliphatic heterocycles. The summed E-state index contributed by atoms with van der Waals surface area (Å²) >= 11 is 1.68. The monoisotopic (exact) mass is 319 g/mol. The third kappa shape index (κ3) is 3.36. The molecule has 2 N–H and O–H groups in total. The molecule has 22 heavy (non-hydrogen) atoms. The van der Waals surface area contributed by atoms with Crippen LogP contribution in [0.1, 0.15) is 30.2 Å². The van der Waals surface area contributed by atoms with Gasteiger partial charge in [0, 0.05) is 25.2 Å². The number of thiazole rings is 1. The van der Waals surface area contributed by atoms with E-state index in [4.69, 9.17) is 5.11 Å². The lowest BCUT2D eigenvalue weighted by Gasteiger charge is -2.16. The lowest BCUT2D eigenvalue weighted by molar-refractivity contribution is -0.137. The standard InChI is InChI=1S/C15H17N3O3S/c1-18(7-6-13(19)20)15(21)16-10-4-5-11-12(8-10)22-14(17-11)9-2-3-9/h4-5,8-9H,2-3,6-7H2,1H3,(H,16,21)(H,19,20). The van der Waals surface area contributed by atoms with Crippen molar-refractivity contribution in [2.24, 2.45) is 0 Å². The maximum Gasteiger partial charge on any atom is 0.321 e. The molecule has 1 heterocycles. The minimum absolute atomic E-state index is 0.0669. The third-order valence-corrected chi connectivity index (χ3v) is 4.77. The SMILES string of the molecule is CN(CCC(=O)O)C(=O)Nc1ccc2nc(C3CC3)sc2c1. The van der Waals surface area contributed by atoms with Crippen molar-refractivity contribution in [1.29, 1.82) is 0 Å². The van der Waals surface area contributed by atoms with Crippen molar-refractivity contribution in [2.45, 2.75) is 25.2 Å². The number of benzene rings is 1. The van der Waals surface area contributed by atoms with E-state index >= 15 is 0 Å². The molecule has 1 aliphatic rings. The topological polar surface area (TPSA) is 82.5 Å². The quantitative estimate of drug-likeness (QED) is 0.887. The summed E-state index contributed by atoms with van der Waals surface area (Å²) in [4.78, 5) is 28.5. The summed E-state index contributed by atoms with van der Waals surface area (Å²) in [5.74, 6) is -0.295. The molecule has 116 valence electrons. The van der Waals surface area contributed by atoms with Gasteiger partial charge in [0.05, 0.1) is 21.6 Å². The molecular weight excluding hydrogens is 302 g/mol. The number of urea groups is 1. The van der Waals surface area contributed by atoms with Gasteiger partial charge in [-0.05, 0) is 31.0 Å². The zero-order chi connectivity index (χ0) is 15.7. The Hall–Kier alpha value is -2.15. The van der Waals surface area contributed by atoms with Crippen molar-refractivity contribution >= 4 is 39.2 Å². The first-order valence-electron chi connectivity index (χ1n) is 7.17. The highest BCUT2D eigenvalue weighted by atomic mass is 32.1. The molecule has 1 aliphatic carbocycles. The van der Waals surface area contributed by atoms with Crippen molar-refractivity contribution in [2.75, 3.05) is 18.9 Å². The van der Waals surface area contributed by atoms with Crippen LogP contribution in [0.25, 0.3) is 10.2 Å². The van der Waals surface area contributed by atoms with Crippen LogP contribution in [0.15, 0.2) is 18.2 Å².